The fraction of sp³-hybridized carbons (Fsp3) is 0.867. The van der Waals surface area contributed by atoms with E-state index in [1.165, 1.54) is 56.6 Å². The van der Waals surface area contributed by atoms with Crippen molar-refractivity contribution in [1.29, 1.82) is 0 Å². The molecule has 0 spiro atoms. The zero-order valence-electron chi connectivity index (χ0n) is 12.4. The van der Waals surface area contributed by atoms with Gasteiger partial charge in [-0.15, -0.1) is 0 Å². The van der Waals surface area contributed by atoms with Crippen LogP contribution in [0.4, 0.5) is 0 Å². The van der Waals surface area contributed by atoms with Crippen molar-refractivity contribution in [1.82, 2.24) is 10.2 Å². The molecule has 0 amide bonds. The molecule has 1 aliphatic rings. The lowest BCUT2D eigenvalue weighted by Gasteiger charge is -2.31. The van der Waals surface area contributed by atoms with Crippen molar-refractivity contribution in [2.24, 2.45) is 0 Å². The number of nitrogens with one attached hydrogen (secondary N) is 1. The van der Waals surface area contributed by atoms with Crippen LogP contribution in [0.3, 0.4) is 0 Å². The van der Waals surface area contributed by atoms with Gasteiger partial charge in [-0.3, -0.25) is 4.90 Å². The fourth-order valence-corrected chi connectivity index (χ4v) is 2.80. The number of piperidine rings is 1. The zero-order valence-corrected chi connectivity index (χ0v) is 13.2. The van der Waals surface area contributed by atoms with Gasteiger partial charge >= 0.3 is 0 Å². The number of thioether (sulfide) groups is 1. The first kappa shape index (κ1) is 16.1. The van der Waals surface area contributed by atoms with Crippen molar-refractivity contribution in [3.63, 3.8) is 0 Å². The van der Waals surface area contributed by atoms with E-state index in [1.807, 2.05) is 11.8 Å². The van der Waals surface area contributed by atoms with Crippen LogP contribution >= 0.6 is 11.8 Å². The molecule has 2 nitrogen and oxygen atoms in total. The molecular formula is C15H30N2S. The highest BCUT2D eigenvalue weighted by Gasteiger charge is 2.17. The van der Waals surface area contributed by atoms with E-state index in [-0.39, 0.29) is 0 Å². The summed E-state index contributed by atoms with van der Waals surface area (Å²) in [5, 5.41) is 3.71. The van der Waals surface area contributed by atoms with E-state index in [0.717, 1.165) is 12.6 Å². The normalized spacial score (nSPS) is 17.9. The Balaban J connectivity index is 2.03. The molecule has 0 aromatic carbocycles. The van der Waals surface area contributed by atoms with Gasteiger partial charge in [-0.05, 0) is 71.2 Å². The number of nitrogens with zero attached hydrogens (tertiary/aromatic N) is 1. The summed E-state index contributed by atoms with van der Waals surface area (Å²) in [5.74, 6) is 1.31. The number of unbranched alkanes of at least 4 members (excludes halogenated alkanes) is 1. The van der Waals surface area contributed by atoms with Gasteiger partial charge < -0.3 is 5.32 Å². The van der Waals surface area contributed by atoms with E-state index in [2.05, 4.69) is 36.4 Å². The minimum atomic E-state index is 0.766. The SMILES string of the molecule is CSCCCCNC1CCN(CC=C(C)C)CC1. The lowest BCUT2D eigenvalue weighted by Crippen LogP contribution is -2.42. The average Bonchev–Trinajstić information content (AvgIpc) is 2.37. The van der Waals surface area contributed by atoms with Crippen molar-refractivity contribution in [2.45, 2.75) is 45.6 Å². The third-order valence-electron chi connectivity index (χ3n) is 3.55. The van der Waals surface area contributed by atoms with Crippen LogP contribution in [0.25, 0.3) is 0 Å². The Morgan fingerprint density at radius 2 is 2.00 bits per heavy atom. The predicted molar refractivity (Wildman–Crippen MR) is 84.5 cm³/mol. The Morgan fingerprint density at radius 1 is 1.28 bits per heavy atom. The van der Waals surface area contributed by atoms with Gasteiger partial charge in [0.25, 0.3) is 0 Å². The van der Waals surface area contributed by atoms with Crippen LogP contribution in [0.5, 0.6) is 0 Å². The third kappa shape index (κ3) is 7.45. The molecule has 1 N–H and O–H groups in total. The second kappa shape index (κ2) is 9.88. The van der Waals surface area contributed by atoms with Crippen molar-refractivity contribution >= 4 is 11.8 Å². The summed E-state index contributed by atoms with van der Waals surface area (Å²) in [7, 11) is 0. The number of rotatable bonds is 8. The van der Waals surface area contributed by atoms with Gasteiger partial charge in [0.15, 0.2) is 0 Å². The highest BCUT2D eigenvalue weighted by molar-refractivity contribution is 7.98. The van der Waals surface area contributed by atoms with E-state index in [0.29, 0.717) is 0 Å². The largest absolute Gasteiger partial charge is 0.314 e. The van der Waals surface area contributed by atoms with Gasteiger partial charge in [0, 0.05) is 12.6 Å². The van der Waals surface area contributed by atoms with Crippen LogP contribution in [0.1, 0.15) is 39.5 Å². The monoisotopic (exact) mass is 270 g/mol. The first-order chi connectivity index (χ1) is 8.72. The van der Waals surface area contributed by atoms with Crippen LogP contribution in [0.15, 0.2) is 11.6 Å². The van der Waals surface area contributed by atoms with Crippen molar-refractivity contribution in [3.05, 3.63) is 11.6 Å². The standard InChI is InChI=1S/C15H30N2S/c1-14(2)6-10-17-11-7-15(8-12-17)16-9-4-5-13-18-3/h6,15-16H,4-5,7-13H2,1-3H3. The molecule has 18 heavy (non-hydrogen) atoms. The lowest BCUT2D eigenvalue weighted by atomic mass is 10.0. The van der Waals surface area contributed by atoms with Gasteiger partial charge in [-0.25, -0.2) is 0 Å². The molecule has 0 radical (unpaired) electrons. The lowest BCUT2D eigenvalue weighted by molar-refractivity contribution is 0.215. The maximum Gasteiger partial charge on any atom is 0.0165 e. The van der Waals surface area contributed by atoms with Crippen molar-refractivity contribution in [2.75, 3.05) is 38.2 Å². The Bertz CT molecular complexity index is 229. The third-order valence-corrected chi connectivity index (χ3v) is 4.25. The number of allylic oxidation sites excluding steroid dienone is 1. The van der Waals surface area contributed by atoms with E-state index >= 15 is 0 Å². The molecular weight excluding hydrogens is 240 g/mol. The minimum Gasteiger partial charge on any atom is -0.314 e. The van der Waals surface area contributed by atoms with E-state index < -0.39 is 0 Å². The molecule has 0 bridgehead atoms. The molecule has 1 saturated heterocycles. The summed E-state index contributed by atoms with van der Waals surface area (Å²) in [6.07, 6.45) is 9.86. The van der Waals surface area contributed by atoms with Crippen LogP contribution in [-0.2, 0) is 0 Å². The molecule has 1 fully saturated rings. The number of hydrogen-bond acceptors (Lipinski definition) is 3. The predicted octanol–water partition coefficient (Wildman–Crippen LogP) is 3.15. The van der Waals surface area contributed by atoms with E-state index in [9.17, 15) is 0 Å². The highest BCUT2D eigenvalue weighted by atomic mass is 32.2. The van der Waals surface area contributed by atoms with Crippen molar-refractivity contribution in [3.8, 4) is 0 Å². The summed E-state index contributed by atoms with van der Waals surface area (Å²) >= 11 is 1.96. The molecule has 1 aliphatic heterocycles. The zero-order chi connectivity index (χ0) is 13.2. The Labute approximate surface area is 118 Å². The van der Waals surface area contributed by atoms with Crippen LogP contribution in [0.2, 0.25) is 0 Å². The molecule has 0 unspecified atom stereocenters. The van der Waals surface area contributed by atoms with Gasteiger partial charge in [0.1, 0.15) is 0 Å². The molecule has 0 saturated carbocycles. The Kier molecular flexibility index (Phi) is 8.82. The quantitative estimate of drug-likeness (QED) is 0.539. The summed E-state index contributed by atoms with van der Waals surface area (Å²) in [6, 6.07) is 0.766. The molecule has 0 aromatic rings. The molecule has 0 aliphatic carbocycles. The van der Waals surface area contributed by atoms with E-state index in [1.54, 1.807) is 0 Å². The van der Waals surface area contributed by atoms with Crippen LogP contribution in [-0.4, -0.2) is 49.1 Å². The van der Waals surface area contributed by atoms with Gasteiger partial charge in [0.05, 0.1) is 0 Å². The minimum absolute atomic E-state index is 0.766. The van der Waals surface area contributed by atoms with Gasteiger partial charge in [-0.2, -0.15) is 11.8 Å². The summed E-state index contributed by atoms with van der Waals surface area (Å²) < 4.78 is 0. The Morgan fingerprint density at radius 3 is 2.61 bits per heavy atom. The molecule has 0 aromatic heterocycles. The summed E-state index contributed by atoms with van der Waals surface area (Å²) in [4.78, 5) is 2.57. The molecule has 3 heteroatoms. The fourth-order valence-electron chi connectivity index (χ4n) is 2.31. The number of likely N-dealkylation sites (tertiary alicyclic amines) is 1. The van der Waals surface area contributed by atoms with Crippen LogP contribution in [0, 0.1) is 0 Å². The van der Waals surface area contributed by atoms with Gasteiger partial charge in [0.2, 0.25) is 0 Å². The maximum atomic E-state index is 3.71. The topological polar surface area (TPSA) is 15.3 Å². The molecule has 0 atom stereocenters. The van der Waals surface area contributed by atoms with E-state index in [4.69, 9.17) is 0 Å². The summed E-state index contributed by atoms with van der Waals surface area (Å²) in [6.45, 7) is 9.23. The maximum absolute atomic E-state index is 3.71. The second-order valence-corrected chi connectivity index (χ2v) is 6.50. The first-order valence-electron chi connectivity index (χ1n) is 7.30. The van der Waals surface area contributed by atoms with Crippen molar-refractivity contribution < 1.29 is 0 Å². The molecule has 106 valence electrons. The molecule has 1 rings (SSSR count). The Hall–Kier alpha value is 0.0100. The second-order valence-electron chi connectivity index (χ2n) is 5.51. The first-order valence-corrected chi connectivity index (χ1v) is 8.70. The smallest absolute Gasteiger partial charge is 0.0165 e. The molecule has 1 heterocycles. The number of hydrogen-bond donors (Lipinski definition) is 1. The van der Waals surface area contributed by atoms with Crippen LogP contribution < -0.4 is 5.32 Å². The summed E-state index contributed by atoms with van der Waals surface area (Å²) in [5.41, 5.74) is 1.43. The highest BCUT2D eigenvalue weighted by Crippen LogP contribution is 2.10. The van der Waals surface area contributed by atoms with Gasteiger partial charge in [-0.1, -0.05) is 11.6 Å². The average molecular weight is 270 g/mol.